The molecule has 0 aromatic heterocycles. The number of hydrogen-bond donors (Lipinski definition) is 2. The van der Waals surface area contributed by atoms with Gasteiger partial charge in [0.1, 0.15) is 0 Å². The monoisotopic (exact) mass is 192 g/mol. The van der Waals surface area contributed by atoms with Crippen molar-refractivity contribution in [3.8, 4) is 0 Å². The van der Waals surface area contributed by atoms with Crippen molar-refractivity contribution in [1.82, 2.24) is 0 Å². The van der Waals surface area contributed by atoms with Crippen LogP contribution < -0.4 is 0 Å². The van der Waals surface area contributed by atoms with Gasteiger partial charge in [-0.05, 0) is 30.4 Å². The van der Waals surface area contributed by atoms with Crippen LogP contribution in [0.5, 0.6) is 0 Å². The van der Waals surface area contributed by atoms with Crippen molar-refractivity contribution in [3.05, 3.63) is 35.4 Å². The summed E-state index contributed by atoms with van der Waals surface area (Å²) < 4.78 is 0. The number of aliphatic hydroxyl groups excluding tert-OH is 1. The lowest BCUT2D eigenvalue weighted by Gasteiger charge is -2.07. The fourth-order valence-corrected chi connectivity index (χ4v) is 1.65. The van der Waals surface area contributed by atoms with Crippen LogP contribution in [-0.2, 0) is 12.8 Å². The van der Waals surface area contributed by atoms with Crippen LogP contribution in [0.25, 0.3) is 0 Å². The fraction of sp³-hybridized carbons (Fsp3) is 0.500. The smallest absolute Gasteiger partial charge is 0.0690 e. The average Bonchev–Trinajstić information content (AvgIpc) is 2.88. The summed E-state index contributed by atoms with van der Waals surface area (Å²) in [5, 5.41) is 18.5. The van der Waals surface area contributed by atoms with Gasteiger partial charge in [0.25, 0.3) is 0 Å². The van der Waals surface area contributed by atoms with E-state index in [1.165, 1.54) is 5.56 Å². The zero-order valence-electron chi connectivity index (χ0n) is 8.24. The Balaban J connectivity index is 1.99. The molecule has 1 aliphatic rings. The largest absolute Gasteiger partial charge is 0.396 e. The minimum absolute atomic E-state index is 0.198. The summed E-state index contributed by atoms with van der Waals surface area (Å²) in [6, 6.07) is 8.14. The Morgan fingerprint density at radius 1 is 1.07 bits per heavy atom. The number of benzene rings is 1. The second kappa shape index (κ2) is 3.71. The second-order valence-corrected chi connectivity index (χ2v) is 4.19. The van der Waals surface area contributed by atoms with Crippen molar-refractivity contribution in [1.29, 1.82) is 0 Å². The lowest BCUT2D eigenvalue weighted by atomic mass is 10.0. The molecule has 2 rings (SSSR count). The van der Waals surface area contributed by atoms with Crippen molar-refractivity contribution in [2.75, 3.05) is 6.61 Å². The molecule has 1 saturated carbocycles. The van der Waals surface area contributed by atoms with E-state index >= 15 is 0 Å². The Labute approximate surface area is 84.2 Å². The molecule has 14 heavy (non-hydrogen) atoms. The van der Waals surface area contributed by atoms with E-state index in [0.29, 0.717) is 6.42 Å². The molecule has 0 unspecified atom stereocenters. The van der Waals surface area contributed by atoms with Crippen LogP contribution in [0.1, 0.15) is 24.0 Å². The number of hydrogen-bond acceptors (Lipinski definition) is 2. The fourth-order valence-electron chi connectivity index (χ4n) is 1.65. The molecule has 0 heterocycles. The molecular formula is C12H16O2. The lowest BCUT2D eigenvalue weighted by Crippen LogP contribution is -2.10. The molecule has 0 bridgehead atoms. The summed E-state index contributed by atoms with van der Waals surface area (Å²) >= 11 is 0. The van der Waals surface area contributed by atoms with E-state index in [9.17, 15) is 5.11 Å². The van der Waals surface area contributed by atoms with Gasteiger partial charge in [0.05, 0.1) is 5.60 Å². The predicted molar refractivity (Wildman–Crippen MR) is 55.1 cm³/mol. The minimum atomic E-state index is -0.404. The first kappa shape index (κ1) is 9.69. The standard InChI is InChI=1S/C12H16O2/c13-8-5-10-1-3-11(4-2-10)9-12(14)6-7-12/h1-4,13-14H,5-9H2. The average molecular weight is 192 g/mol. The third kappa shape index (κ3) is 2.34. The van der Waals surface area contributed by atoms with E-state index in [2.05, 4.69) is 0 Å². The van der Waals surface area contributed by atoms with Gasteiger partial charge < -0.3 is 10.2 Å². The molecule has 0 amide bonds. The number of rotatable bonds is 4. The normalized spacial score (nSPS) is 18.1. The summed E-state index contributed by atoms with van der Waals surface area (Å²) in [6.07, 6.45) is 3.35. The van der Waals surface area contributed by atoms with Crippen LogP contribution >= 0.6 is 0 Å². The highest BCUT2D eigenvalue weighted by Gasteiger charge is 2.39. The predicted octanol–water partition coefficient (Wildman–Crippen LogP) is 1.29. The Kier molecular flexibility index (Phi) is 2.57. The van der Waals surface area contributed by atoms with Crippen molar-refractivity contribution in [2.24, 2.45) is 0 Å². The van der Waals surface area contributed by atoms with E-state index < -0.39 is 5.60 Å². The van der Waals surface area contributed by atoms with E-state index in [-0.39, 0.29) is 6.61 Å². The molecule has 76 valence electrons. The third-order valence-corrected chi connectivity index (χ3v) is 2.78. The van der Waals surface area contributed by atoms with Crippen LogP contribution in [0.15, 0.2) is 24.3 Å². The van der Waals surface area contributed by atoms with Gasteiger partial charge >= 0.3 is 0 Å². The van der Waals surface area contributed by atoms with Crippen LogP contribution in [0.2, 0.25) is 0 Å². The zero-order chi connectivity index (χ0) is 10.0. The SMILES string of the molecule is OCCc1ccc(CC2(O)CC2)cc1. The maximum Gasteiger partial charge on any atom is 0.0690 e. The quantitative estimate of drug-likeness (QED) is 0.754. The molecule has 1 fully saturated rings. The Morgan fingerprint density at radius 2 is 1.64 bits per heavy atom. The third-order valence-electron chi connectivity index (χ3n) is 2.78. The summed E-state index contributed by atoms with van der Waals surface area (Å²) in [6.45, 7) is 0.198. The van der Waals surface area contributed by atoms with Gasteiger partial charge in [-0.3, -0.25) is 0 Å². The van der Waals surface area contributed by atoms with E-state index in [1.54, 1.807) is 0 Å². The first-order valence-electron chi connectivity index (χ1n) is 5.13. The van der Waals surface area contributed by atoms with Crippen LogP contribution in [0.4, 0.5) is 0 Å². The topological polar surface area (TPSA) is 40.5 Å². The van der Waals surface area contributed by atoms with Crippen LogP contribution in [0, 0.1) is 0 Å². The molecule has 2 N–H and O–H groups in total. The summed E-state index contributed by atoms with van der Waals surface area (Å²) in [5.74, 6) is 0. The molecular weight excluding hydrogens is 176 g/mol. The molecule has 0 spiro atoms. The van der Waals surface area contributed by atoms with Gasteiger partial charge in [0.15, 0.2) is 0 Å². The molecule has 1 aromatic carbocycles. The maximum absolute atomic E-state index is 9.71. The molecule has 1 aromatic rings. The van der Waals surface area contributed by atoms with Crippen molar-refractivity contribution >= 4 is 0 Å². The van der Waals surface area contributed by atoms with Gasteiger partial charge in [-0.25, -0.2) is 0 Å². The van der Waals surface area contributed by atoms with E-state index in [1.807, 2.05) is 24.3 Å². The van der Waals surface area contributed by atoms with Gasteiger partial charge in [-0.1, -0.05) is 24.3 Å². The highest BCUT2D eigenvalue weighted by Crippen LogP contribution is 2.38. The first-order valence-corrected chi connectivity index (χ1v) is 5.13. The number of aliphatic hydroxyl groups is 2. The molecule has 0 saturated heterocycles. The molecule has 0 aliphatic heterocycles. The van der Waals surface area contributed by atoms with Gasteiger partial charge in [-0.2, -0.15) is 0 Å². The molecule has 0 atom stereocenters. The van der Waals surface area contributed by atoms with Gasteiger partial charge in [-0.15, -0.1) is 0 Å². The van der Waals surface area contributed by atoms with E-state index in [4.69, 9.17) is 5.11 Å². The van der Waals surface area contributed by atoms with Crippen LogP contribution in [-0.4, -0.2) is 22.4 Å². The van der Waals surface area contributed by atoms with E-state index in [0.717, 1.165) is 24.8 Å². The minimum Gasteiger partial charge on any atom is -0.396 e. The maximum atomic E-state index is 9.71. The molecule has 2 nitrogen and oxygen atoms in total. The zero-order valence-corrected chi connectivity index (χ0v) is 8.24. The lowest BCUT2D eigenvalue weighted by molar-refractivity contribution is 0.151. The summed E-state index contributed by atoms with van der Waals surface area (Å²) in [7, 11) is 0. The van der Waals surface area contributed by atoms with Crippen molar-refractivity contribution in [3.63, 3.8) is 0 Å². The van der Waals surface area contributed by atoms with Gasteiger partial charge in [0, 0.05) is 13.0 Å². The second-order valence-electron chi connectivity index (χ2n) is 4.19. The highest BCUT2D eigenvalue weighted by molar-refractivity contribution is 5.25. The Bertz CT molecular complexity index is 299. The molecule has 0 radical (unpaired) electrons. The Morgan fingerprint density at radius 3 is 2.14 bits per heavy atom. The van der Waals surface area contributed by atoms with Crippen LogP contribution in [0.3, 0.4) is 0 Å². The van der Waals surface area contributed by atoms with Crippen molar-refractivity contribution < 1.29 is 10.2 Å². The molecule has 2 heteroatoms. The van der Waals surface area contributed by atoms with Crippen molar-refractivity contribution in [2.45, 2.75) is 31.3 Å². The summed E-state index contributed by atoms with van der Waals surface area (Å²) in [4.78, 5) is 0. The highest BCUT2D eigenvalue weighted by atomic mass is 16.3. The summed E-state index contributed by atoms with van der Waals surface area (Å²) in [5.41, 5.74) is 1.93. The van der Waals surface area contributed by atoms with Gasteiger partial charge in [0.2, 0.25) is 0 Å². The molecule has 1 aliphatic carbocycles. The first-order chi connectivity index (χ1) is 6.72. The Hall–Kier alpha value is -0.860.